The van der Waals surface area contributed by atoms with Crippen LogP contribution in [0.5, 0.6) is 0 Å². The van der Waals surface area contributed by atoms with Gasteiger partial charge in [0.1, 0.15) is 0 Å². The highest BCUT2D eigenvalue weighted by molar-refractivity contribution is 5.86. The molecule has 3 nitrogen and oxygen atoms in total. The normalized spacial score (nSPS) is 11.1. The summed E-state index contributed by atoms with van der Waals surface area (Å²) in [4.78, 5) is 10.7. The molecule has 0 unspecified atom stereocenters. The smallest absolute Gasteiger partial charge is 0.333 e. The average molecular weight is 205 g/mol. The van der Waals surface area contributed by atoms with Crippen molar-refractivity contribution in [3.8, 4) is 0 Å². The maximum atomic E-state index is 10.7. The SMILES string of the molecule is CC/C(=C/NCc1ccccc1)C(=O)O. The molecular formula is C12H15NO2. The van der Waals surface area contributed by atoms with Crippen LogP contribution in [-0.2, 0) is 11.3 Å². The van der Waals surface area contributed by atoms with E-state index < -0.39 is 5.97 Å². The van der Waals surface area contributed by atoms with E-state index in [-0.39, 0.29) is 0 Å². The number of hydrogen-bond acceptors (Lipinski definition) is 2. The largest absolute Gasteiger partial charge is 0.478 e. The first kappa shape index (κ1) is 11.3. The van der Waals surface area contributed by atoms with Gasteiger partial charge in [-0.3, -0.25) is 0 Å². The molecule has 1 aromatic rings. The van der Waals surface area contributed by atoms with Crippen LogP contribution < -0.4 is 5.32 Å². The molecule has 0 aliphatic carbocycles. The highest BCUT2D eigenvalue weighted by atomic mass is 16.4. The molecule has 3 heteroatoms. The van der Waals surface area contributed by atoms with E-state index >= 15 is 0 Å². The summed E-state index contributed by atoms with van der Waals surface area (Å²) in [6.45, 7) is 2.47. The third-order valence-electron chi connectivity index (χ3n) is 2.08. The number of carbonyl (C=O) groups is 1. The van der Waals surface area contributed by atoms with Crippen molar-refractivity contribution in [3.63, 3.8) is 0 Å². The lowest BCUT2D eigenvalue weighted by atomic mass is 10.2. The lowest BCUT2D eigenvalue weighted by molar-refractivity contribution is -0.132. The topological polar surface area (TPSA) is 49.3 Å². The first-order chi connectivity index (χ1) is 7.24. The summed E-state index contributed by atoms with van der Waals surface area (Å²) in [6.07, 6.45) is 2.09. The van der Waals surface area contributed by atoms with Crippen molar-refractivity contribution >= 4 is 5.97 Å². The van der Waals surface area contributed by atoms with Crippen molar-refractivity contribution in [1.82, 2.24) is 5.32 Å². The predicted molar refractivity (Wildman–Crippen MR) is 59.3 cm³/mol. The lowest BCUT2D eigenvalue weighted by Crippen LogP contribution is -2.09. The van der Waals surface area contributed by atoms with Crippen LogP contribution in [0.1, 0.15) is 18.9 Å². The van der Waals surface area contributed by atoms with Gasteiger partial charge in [-0.25, -0.2) is 4.79 Å². The van der Waals surface area contributed by atoms with Gasteiger partial charge in [-0.2, -0.15) is 0 Å². The molecule has 80 valence electrons. The molecule has 0 saturated heterocycles. The molecule has 0 atom stereocenters. The van der Waals surface area contributed by atoms with Gasteiger partial charge in [0, 0.05) is 12.7 Å². The predicted octanol–water partition coefficient (Wildman–Crippen LogP) is 2.15. The number of benzene rings is 1. The Balaban J connectivity index is 2.48. The van der Waals surface area contributed by atoms with Gasteiger partial charge < -0.3 is 10.4 Å². The fraction of sp³-hybridized carbons (Fsp3) is 0.250. The Kier molecular flexibility index (Phi) is 4.41. The summed E-state index contributed by atoms with van der Waals surface area (Å²) < 4.78 is 0. The average Bonchev–Trinajstić information content (AvgIpc) is 2.25. The molecule has 1 rings (SSSR count). The number of carboxylic acid groups (broad SMARTS) is 1. The van der Waals surface area contributed by atoms with Crippen molar-refractivity contribution in [1.29, 1.82) is 0 Å². The minimum absolute atomic E-state index is 0.394. The van der Waals surface area contributed by atoms with Gasteiger partial charge in [0.25, 0.3) is 0 Å². The maximum Gasteiger partial charge on any atom is 0.333 e. The van der Waals surface area contributed by atoms with Gasteiger partial charge in [-0.15, -0.1) is 0 Å². The maximum absolute atomic E-state index is 10.7. The van der Waals surface area contributed by atoms with Crippen LogP contribution in [0.15, 0.2) is 42.1 Å². The van der Waals surface area contributed by atoms with E-state index in [0.717, 1.165) is 5.56 Å². The molecule has 0 fully saturated rings. The summed E-state index contributed by atoms with van der Waals surface area (Å²) in [5.41, 5.74) is 1.53. The highest BCUT2D eigenvalue weighted by Gasteiger charge is 2.02. The third kappa shape index (κ3) is 3.85. The second-order valence-corrected chi connectivity index (χ2v) is 3.19. The molecule has 0 spiro atoms. The van der Waals surface area contributed by atoms with Crippen LogP contribution in [0.25, 0.3) is 0 Å². The van der Waals surface area contributed by atoms with Crippen LogP contribution in [0.3, 0.4) is 0 Å². The van der Waals surface area contributed by atoms with Gasteiger partial charge in [0.05, 0.1) is 5.57 Å². The van der Waals surface area contributed by atoms with Crippen molar-refractivity contribution in [3.05, 3.63) is 47.7 Å². The molecule has 0 radical (unpaired) electrons. The number of hydrogen-bond donors (Lipinski definition) is 2. The Morgan fingerprint density at radius 2 is 2.07 bits per heavy atom. The van der Waals surface area contributed by atoms with Crippen LogP contribution in [-0.4, -0.2) is 11.1 Å². The van der Waals surface area contributed by atoms with Crippen LogP contribution in [0.4, 0.5) is 0 Å². The second kappa shape index (κ2) is 5.86. The zero-order valence-electron chi connectivity index (χ0n) is 8.73. The van der Waals surface area contributed by atoms with Gasteiger partial charge >= 0.3 is 5.97 Å². The van der Waals surface area contributed by atoms with Gasteiger partial charge in [-0.05, 0) is 12.0 Å². The number of carboxylic acids is 1. The zero-order valence-corrected chi connectivity index (χ0v) is 8.73. The van der Waals surface area contributed by atoms with Crippen LogP contribution >= 0.6 is 0 Å². The fourth-order valence-electron chi connectivity index (χ4n) is 1.20. The van der Waals surface area contributed by atoms with Crippen LogP contribution in [0.2, 0.25) is 0 Å². The summed E-state index contributed by atoms with van der Waals surface area (Å²) in [6, 6.07) is 9.85. The van der Waals surface area contributed by atoms with E-state index in [1.807, 2.05) is 37.3 Å². The summed E-state index contributed by atoms with van der Waals surface area (Å²) in [7, 11) is 0. The third-order valence-corrected chi connectivity index (χ3v) is 2.08. The molecule has 0 aliphatic heterocycles. The van der Waals surface area contributed by atoms with E-state index in [9.17, 15) is 4.79 Å². The van der Waals surface area contributed by atoms with Crippen molar-refractivity contribution < 1.29 is 9.90 Å². The highest BCUT2D eigenvalue weighted by Crippen LogP contribution is 2.00. The van der Waals surface area contributed by atoms with Crippen molar-refractivity contribution in [2.75, 3.05) is 0 Å². The molecule has 15 heavy (non-hydrogen) atoms. The molecule has 0 heterocycles. The Morgan fingerprint density at radius 3 is 2.60 bits per heavy atom. The van der Waals surface area contributed by atoms with E-state index in [1.54, 1.807) is 6.20 Å². The molecule has 0 aliphatic rings. The summed E-state index contributed by atoms with van der Waals surface area (Å²) >= 11 is 0. The van der Waals surface area contributed by atoms with Gasteiger partial charge in [-0.1, -0.05) is 37.3 Å². The molecule has 0 saturated carbocycles. The molecule has 0 bridgehead atoms. The van der Waals surface area contributed by atoms with E-state index in [2.05, 4.69) is 5.32 Å². The first-order valence-electron chi connectivity index (χ1n) is 4.93. The number of aliphatic carboxylic acids is 1. The standard InChI is InChI=1S/C12H15NO2/c1-2-11(12(14)15)9-13-8-10-6-4-3-5-7-10/h3-7,9,13H,2,8H2,1H3,(H,14,15)/b11-9-. The molecule has 0 amide bonds. The van der Waals surface area contributed by atoms with E-state index in [4.69, 9.17) is 5.11 Å². The Labute approximate surface area is 89.4 Å². The quantitative estimate of drug-likeness (QED) is 0.724. The Bertz CT molecular complexity index is 344. The Hall–Kier alpha value is -1.77. The molecule has 2 N–H and O–H groups in total. The van der Waals surface area contributed by atoms with Gasteiger partial charge in [0.15, 0.2) is 0 Å². The van der Waals surface area contributed by atoms with E-state index in [0.29, 0.717) is 18.5 Å². The zero-order chi connectivity index (χ0) is 11.1. The van der Waals surface area contributed by atoms with E-state index in [1.165, 1.54) is 0 Å². The minimum Gasteiger partial charge on any atom is -0.478 e. The van der Waals surface area contributed by atoms with Crippen LogP contribution in [0, 0.1) is 0 Å². The molecular weight excluding hydrogens is 190 g/mol. The summed E-state index contributed by atoms with van der Waals surface area (Å²) in [5, 5.41) is 11.8. The minimum atomic E-state index is -0.863. The lowest BCUT2D eigenvalue weighted by Gasteiger charge is -2.02. The molecule has 0 aromatic heterocycles. The summed E-state index contributed by atoms with van der Waals surface area (Å²) in [5.74, 6) is -0.863. The number of nitrogens with one attached hydrogen (secondary N) is 1. The Morgan fingerprint density at radius 1 is 1.40 bits per heavy atom. The van der Waals surface area contributed by atoms with Crippen molar-refractivity contribution in [2.45, 2.75) is 19.9 Å². The molecule has 1 aromatic carbocycles. The monoisotopic (exact) mass is 205 g/mol. The fourth-order valence-corrected chi connectivity index (χ4v) is 1.20. The first-order valence-corrected chi connectivity index (χ1v) is 4.93. The van der Waals surface area contributed by atoms with Gasteiger partial charge in [0.2, 0.25) is 0 Å². The second-order valence-electron chi connectivity index (χ2n) is 3.19. The van der Waals surface area contributed by atoms with Crippen molar-refractivity contribution in [2.24, 2.45) is 0 Å². The number of rotatable bonds is 5.